The molecule has 0 aliphatic heterocycles. The van der Waals surface area contributed by atoms with E-state index in [4.69, 9.17) is 11.2 Å². The van der Waals surface area contributed by atoms with Gasteiger partial charge < -0.3 is 25.0 Å². The Hall–Kier alpha value is -2.50. The summed E-state index contributed by atoms with van der Waals surface area (Å²) in [5.74, 6) is 1.14. The van der Waals surface area contributed by atoms with Crippen LogP contribution in [0.15, 0.2) is 36.5 Å². The summed E-state index contributed by atoms with van der Waals surface area (Å²) in [4.78, 5) is 25.4. The molecule has 0 spiro atoms. The third-order valence-corrected chi connectivity index (χ3v) is 4.16. The van der Waals surface area contributed by atoms with E-state index in [0.29, 0.717) is 0 Å². The normalized spacial score (nSPS) is 15.0. The summed E-state index contributed by atoms with van der Waals surface area (Å²) in [5.41, 5.74) is 0.922. The van der Waals surface area contributed by atoms with E-state index in [0.717, 1.165) is 18.4 Å². The smallest absolute Gasteiger partial charge is 0.448 e. The fourth-order valence-electron chi connectivity index (χ4n) is 2.61. The van der Waals surface area contributed by atoms with E-state index in [-0.39, 0.29) is 37.9 Å². The first-order valence-electron chi connectivity index (χ1n) is 8.89. The molecule has 8 heteroatoms. The van der Waals surface area contributed by atoms with Gasteiger partial charge >= 0.3 is 13.2 Å². The molecule has 1 rings (SSSR count). The predicted molar refractivity (Wildman–Crippen MR) is 104 cm³/mol. The average Bonchev–Trinajstić information content (AvgIpc) is 2.65. The van der Waals surface area contributed by atoms with Gasteiger partial charge in [0.2, 0.25) is 5.91 Å². The highest BCUT2D eigenvalue weighted by atomic mass is 16.5. The molecule has 1 aliphatic rings. The molecule has 0 radical (unpaired) electrons. The van der Waals surface area contributed by atoms with Crippen LogP contribution in [0.2, 0.25) is 0 Å². The Kier molecular flexibility index (Phi) is 10.0. The van der Waals surface area contributed by atoms with Crippen LogP contribution in [-0.4, -0.2) is 59.2 Å². The van der Waals surface area contributed by atoms with Gasteiger partial charge in [-0.25, -0.2) is 4.79 Å². The van der Waals surface area contributed by atoms with Crippen molar-refractivity contribution in [2.45, 2.75) is 44.6 Å². The number of hydrogen-bond donors (Lipinski definition) is 3. The molecule has 7 nitrogen and oxygen atoms in total. The predicted octanol–water partition coefficient (Wildman–Crippen LogP) is 1.19. The molecule has 1 aliphatic carbocycles. The van der Waals surface area contributed by atoms with E-state index in [1.165, 1.54) is 4.90 Å². The average molecular weight is 374 g/mol. The van der Waals surface area contributed by atoms with E-state index < -0.39 is 19.2 Å². The molecule has 146 valence electrons. The molecule has 2 amide bonds. The first-order chi connectivity index (χ1) is 12.9. The van der Waals surface area contributed by atoms with Crippen LogP contribution in [0.1, 0.15) is 32.6 Å². The molecule has 0 bridgehead atoms. The van der Waals surface area contributed by atoms with Crippen molar-refractivity contribution in [1.82, 2.24) is 10.2 Å². The van der Waals surface area contributed by atoms with Gasteiger partial charge in [-0.2, -0.15) is 0 Å². The van der Waals surface area contributed by atoms with Crippen LogP contribution in [0, 0.1) is 12.3 Å². The lowest BCUT2D eigenvalue weighted by atomic mass is 9.75. The Morgan fingerprint density at radius 2 is 2.26 bits per heavy atom. The van der Waals surface area contributed by atoms with E-state index in [2.05, 4.69) is 17.8 Å². The summed E-state index contributed by atoms with van der Waals surface area (Å²) < 4.78 is 5.08. The van der Waals surface area contributed by atoms with Crippen LogP contribution in [0.25, 0.3) is 0 Å². The van der Waals surface area contributed by atoms with Crippen LogP contribution in [0.4, 0.5) is 4.79 Å². The third kappa shape index (κ3) is 8.16. The monoisotopic (exact) mass is 374 g/mol. The molecule has 0 heterocycles. The minimum atomic E-state index is -1.72. The molecule has 0 saturated carbocycles. The molecule has 0 saturated heterocycles. The van der Waals surface area contributed by atoms with Gasteiger partial charge in [-0.1, -0.05) is 35.8 Å². The summed E-state index contributed by atoms with van der Waals surface area (Å²) in [6.07, 6.45) is 13.9. The second kappa shape index (κ2) is 12.0. The number of terminal acetylenes is 1. The van der Waals surface area contributed by atoms with Gasteiger partial charge in [-0.05, 0) is 26.2 Å². The lowest BCUT2D eigenvalue weighted by molar-refractivity contribution is -0.131. The Morgan fingerprint density at radius 1 is 1.52 bits per heavy atom. The van der Waals surface area contributed by atoms with Crippen molar-refractivity contribution in [3.05, 3.63) is 36.5 Å². The summed E-state index contributed by atoms with van der Waals surface area (Å²) >= 11 is 0. The second-order valence-electron chi connectivity index (χ2n) is 6.21. The zero-order valence-corrected chi connectivity index (χ0v) is 15.6. The van der Waals surface area contributed by atoms with Crippen LogP contribution in [0.3, 0.4) is 0 Å². The van der Waals surface area contributed by atoms with Gasteiger partial charge in [0.15, 0.2) is 0 Å². The van der Waals surface area contributed by atoms with Crippen molar-refractivity contribution >= 4 is 19.1 Å². The highest BCUT2D eigenvalue weighted by Crippen LogP contribution is 2.15. The van der Waals surface area contributed by atoms with Crippen LogP contribution in [0.5, 0.6) is 0 Å². The third-order valence-electron chi connectivity index (χ3n) is 4.16. The van der Waals surface area contributed by atoms with Crippen LogP contribution in [-0.2, 0) is 9.53 Å². The highest BCUT2D eigenvalue weighted by Gasteiger charge is 2.27. The van der Waals surface area contributed by atoms with E-state index in [9.17, 15) is 19.6 Å². The summed E-state index contributed by atoms with van der Waals surface area (Å²) in [5, 5.41) is 21.4. The standard InChI is InChI=1S/C19H27BN2O5/c1-4-9-18(23)22(15(3)5-2)12-13-27-19(24)21-17(20(25)26)14-16-10-7-6-8-11-16/h1,5,7,10-11,15,17,25-26H,2,6,8-9,12-14H2,3H3,(H,21,24). The van der Waals surface area contributed by atoms with Gasteiger partial charge in [-0.15, -0.1) is 13.0 Å². The minimum absolute atomic E-state index is 0.0498. The largest absolute Gasteiger partial charge is 0.475 e. The topological polar surface area (TPSA) is 99.1 Å². The summed E-state index contributed by atoms with van der Waals surface area (Å²) in [6, 6.07) is -0.255. The van der Waals surface area contributed by atoms with Gasteiger partial charge in [0.25, 0.3) is 0 Å². The fourth-order valence-corrected chi connectivity index (χ4v) is 2.61. The number of nitrogens with one attached hydrogen (secondary N) is 1. The molecular formula is C19H27BN2O5. The number of alkyl carbamates (subject to hydrolysis) is 1. The molecular weight excluding hydrogens is 347 g/mol. The van der Waals surface area contributed by atoms with Crippen molar-refractivity contribution < 1.29 is 24.4 Å². The fraction of sp³-hybridized carbons (Fsp3) is 0.474. The number of carbonyl (C=O) groups excluding carboxylic acids is 2. The van der Waals surface area contributed by atoms with Gasteiger partial charge in [-0.3, -0.25) is 4.79 Å². The summed E-state index contributed by atoms with van der Waals surface area (Å²) in [6.45, 7) is 5.53. The number of allylic oxidation sites excluding steroid dienone is 3. The minimum Gasteiger partial charge on any atom is -0.448 e. The van der Waals surface area contributed by atoms with Gasteiger partial charge in [0.05, 0.1) is 18.9 Å². The summed E-state index contributed by atoms with van der Waals surface area (Å²) in [7, 11) is -1.72. The SMILES string of the molecule is C#CCC(=O)N(CCOC(=O)NC(CC1=CCCC=C1)B(O)O)C(C)C=C. The maximum atomic E-state index is 12.0. The number of hydrogen-bond acceptors (Lipinski definition) is 5. The van der Waals surface area contributed by atoms with Crippen molar-refractivity contribution in [3.63, 3.8) is 0 Å². The molecule has 0 aromatic carbocycles. The maximum Gasteiger partial charge on any atom is 0.475 e. The first kappa shape index (κ1) is 22.5. The Morgan fingerprint density at radius 3 is 2.81 bits per heavy atom. The van der Waals surface area contributed by atoms with E-state index >= 15 is 0 Å². The number of rotatable bonds is 10. The number of nitrogens with zero attached hydrogens (tertiary/aromatic N) is 1. The molecule has 27 heavy (non-hydrogen) atoms. The lowest BCUT2D eigenvalue weighted by Gasteiger charge is -2.26. The Balaban J connectivity index is 2.52. The van der Waals surface area contributed by atoms with Gasteiger partial charge in [0.1, 0.15) is 6.61 Å². The van der Waals surface area contributed by atoms with Crippen LogP contribution < -0.4 is 5.32 Å². The van der Waals surface area contributed by atoms with E-state index in [1.54, 1.807) is 13.0 Å². The molecule has 0 aromatic rings. The van der Waals surface area contributed by atoms with Crippen LogP contribution >= 0.6 is 0 Å². The molecule has 0 fully saturated rings. The molecule has 3 N–H and O–H groups in total. The highest BCUT2D eigenvalue weighted by molar-refractivity contribution is 6.43. The maximum absolute atomic E-state index is 12.0. The quantitative estimate of drug-likeness (QED) is 0.303. The molecule has 2 unspecified atom stereocenters. The first-order valence-corrected chi connectivity index (χ1v) is 8.89. The zero-order chi connectivity index (χ0) is 20.2. The lowest BCUT2D eigenvalue weighted by Crippen LogP contribution is -2.47. The number of amides is 2. The molecule has 2 atom stereocenters. The second-order valence-corrected chi connectivity index (χ2v) is 6.21. The number of ether oxygens (including phenoxy) is 1. The van der Waals surface area contributed by atoms with Crippen molar-refractivity contribution in [2.24, 2.45) is 0 Å². The van der Waals surface area contributed by atoms with E-state index in [1.807, 2.05) is 18.2 Å². The zero-order valence-electron chi connectivity index (χ0n) is 15.6. The van der Waals surface area contributed by atoms with Crippen molar-refractivity contribution in [1.29, 1.82) is 0 Å². The number of carbonyl (C=O) groups is 2. The Bertz CT molecular complexity index is 624. The van der Waals surface area contributed by atoms with Crippen molar-refractivity contribution in [2.75, 3.05) is 13.2 Å². The van der Waals surface area contributed by atoms with Gasteiger partial charge in [0, 0.05) is 6.04 Å². The Labute approximate surface area is 160 Å². The molecule has 0 aromatic heterocycles. The van der Waals surface area contributed by atoms with Crippen molar-refractivity contribution in [3.8, 4) is 12.3 Å².